The molecule has 3 aromatic heterocycles. The van der Waals surface area contributed by atoms with E-state index in [0.717, 1.165) is 49.1 Å². The first-order chi connectivity index (χ1) is 17.2. The summed E-state index contributed by atoms with van der Waals surface area (Å²) in [6.07, 6.45) is 0. The predicted molar refractivity (Wildman–Crippen MR) is 148 cm³/mol. The highest BCUT2D eigenvalue weighted by molar-refractivity contribution is 9.10. The van der Waals surface area contributed by atoms with Crippen LogP contribution in [0.3, 0.4) is 0 Å². The smallest absolute Gasteiger partial charge is 0.0905 e. The van der Waals surface area contributed by atoms with Crippen LogP contribution in [0.25, 0.3) is 66.1 Å². The van der Waals surface area contributed by atoms with Gasteiger partial charge < -0.3 is 0 Å². The molecule has 0 amide bonds. The van der Waals surface area contributed by atoms with Crippen molar-refractivity contribution in [1.29, 1.82) is 0 Å². The van der Waals surface area contributed by atoms with E-state index in [0.29, 0.717) is 0 Å². The molecule has 3 heterocycles. The number of pyridine rings is 3. The summed E-state index contributed by atoms with van der Waals surface area (Å²) < 4.78 is 0.943. The maximum atomic E-state index is 4.96. The average molecular weight is 512 g/mol. The van der Waals surface area contributed by atoms with Crippen LogP contribution in [-0.4, -0.2) is 15.0 Å². The molecule has 0 saturated heterocycles. The number of halogens is 1. The summed E-state index contributed by atoms with van der Waals surface area (Å²) in [6, 6.07) is 37.7. The summed E-state index contributed by atoms with van der Waals surface area (Å²) in [5.41, 5.74) is 5.21. The fraction of sp³-hybridized carbons (Fsp3) is 0. The van der Waals surface area contributed by atoms with Crippen molar-refractivity contribution in [1.82, 2.24) is 15.0 Å². The Morgan fingerprint density at radius 1 is 0.371 bits per heavy atom. The van der Waals surface area contributed by atoms with E-state index < -0.39 is 0 Å². The summed E-state index contributed by atoms with van der Waals surface area (Å²) in [5.74, 6) is 0. The second-order valence-corrected chi connectivity index (χ2v) is 9.65. The molecular weight excluding hydrogens is 494 g/mol. The molecule has 0 aliphatic heterocycles. The molecule has 164 valence electrons. The molecule has 0 bridgehead atoms. The molecule has 0 spiro atoms. The van der Waals surface area contributed by atoms with Crippen LogP contribution >= 0.6 is 15.9 Å². The van der Waals surface area contributed by atoms with Crippen molar-refractivity contribution in [2.45, 2.75) is 0 Å². The van der Waals surface area contributed by atoms with Gasteiger partial charge in [-0.05, 0) is 70.1 Å². The van der Waals surface area contributed by atoms with Gasteiger partial charge in [-0.3, -0.25) is 0 Å². The number of nitrogens with zero attached hydrogens (tertiary/aromatic N) is 3. The average Bonchev–Trinajstić information content (AvgIpc) is 2.89. The largest absolute Gasteiger partial charge is 0.246 e. The SMILES string of the molecule is Brc1cc(-c2ccc3cc4ccccc4cc3n2)nc(-c2ccc3cc4ccccc4cc3n2)c1. The Bertz CT molecular complexity index is 1790. The van der Waals surface area contributed by atoms with Crippen LogP contribution in [0.5, 0.6) is 0 Å². The maximum absolute atomic E-state index is 4.96. The minimum atomic E-state index is 0.810. The molecular formula is C31H18BrN3. The number of benzene rings is 4. The summed E-state index contributed by atoms with van der Waals surface area (Å²) in [4.78, 5) is 14.9. The topological polar surface area (TPSA) is 38.7 Å². The van der Waals surface area contributed by atoms with Crippen molar-refractivity contribution in [3.05, 3.63) is 114 Å². The third kappa shape index (κ3) is 3.63. The Labute approximate surface area is 210 Å². The molecule has 0 aliphatic rings. The summed E-state index contributed by atoms with van der Waals surface area (Å²) in [7, 11) is 0. The quantitative estimate of drug-likeness (QED) is 0.218. The molecule has 35 heavy (non-hydrogen) atoms. The number of hydrogen-bond donors (Lipinski definition) is 0. The van der Waals surface area contributed by atoms with Gasteiger partial charge in [-0.15, -0.1) is 0 Å². The Hall–Kier alpha value is -4.15. The fourth-order valence-electron chi connectivity index (χ4n) is 4.67. The highest BCUT2D eigenvalue weighted by atomic mass is 79.9. The number of fused-ring (bicyclic) bond motifs is 4. The van der Waals surface area contributed by atoms with Gasteiger partial charge in [0.2, 0.25) is 0 Å². The number of hydrogen-bond acceptors (Lipinski definition) is 3. The monoisotopic (exact) mass is 511 g/mol. The van der Waals surface area contributed by atoms with E-state index in [4.69, 9.17) is 15.0 Å². The Kier molecular flexibility index (Phi) is 4.61. The van der Waals surface area contributed by atoms with Gasteiger partial charge in [0.15, 0.2) is 0 Å². The lowest BCUT2D eigenvalue weighted by Gasteiger charge is -2.09. The van der Waals surface area contributed by atoms with Gasteiger partial charge in [-0.25, -0.2) is 15.0 Å². The van der Waals surface area contributed by atoms with Gasteiger partial charge in [-0.1, -0.05) is 76.6 Å². The van der Waals surface area contributed by atoms with Crippen LogP contribution in [0, 0.1) is 0 Å². The molecule has 0 atom stereocenters. The molecule has 7 aromatic rings. The van der Waals surface area contributed by atoms with E-state index >= 15 is 0 Å². The van der Waals surface area contributed by atoms with Gasteiger partial charge in [0.25, 0.3) is 0 Å². The van der Waals surface area contributed by atoms with E-state index in [1.165, 1.54) is 21.5 Å². The second kappa shape index (κ2) is 7.97. The van der Waals surface area contributed by atoms with Crippen LogP contribution in [0.15, 0.2) is 114 Å². The highest BCUT2D eigenvalue weighted by Gasteiger charge is 2.11. The second-order valence-electron chi connectivity index (χ2n) is 8.73. The lowest BCUT2D eigenvalue weighted by molar-refractivity contribution is 1.24. The summed E-state index contributed by atoms with van der Waals surface area (Å²) in [5, 5.41) is 7.03. The first-order valence-electron chi connectivity index (χ1n) is 11.5. The maximum Gasteiger partial charge on any atom is 0.0905 e. The van der Waals surface area contributed by atoms with Gasteiger partial charge in [0, 0.05) is 15.2 Å². The highest BCUT2D eigenvalue weighted by Crippen LogP contribution is 2.30. The fourth-order valence-corrected chi connectivity index (χ4v) is 5.10. The van der Waals surface area contributed by atoms with E-state index in [1.54, 1.807) is 0 Å². The van der Waals surface area contributed by atoms with Crippen molar-refractivity contribution in [3.63, 3.8) is 0 Å². The minimum absolute atomic E-state index is 0.810. The van der Waals surface area contributed by atoms with Gasteiger partial charge in [0.1, 0.15) is 0 Å². The molecule has 7 rings (SSSR count). The number of rotatable bonds is 2. The molecule has 0 aliphatic carbocycles. The van der Waals surface area contributed by atoms with Crippen molar-refractivity contribution in [3.8, 4) is 22.8 Å². The molecule has 0 saturated carbocycles. The predicted octanol–water partition coefficient (Wildman–Crippen LogP) is 8.58. The zero-order chi connectivity index (χ0) is 23.4. The molecule has 0 N–H and O–H groups in total. The third-order valence-electron chi connectivity index (χ3n) is 6.43. The van der Waals surface area contributed by atoms with Crippen LogP contribution in [0.4, 0.5) is 0 Å². The van der Waals surface area contributed by atoms with Gasteiger partial charge in [0.05, 0.1) is 33.8 Å². The lowest BCUT2D eigenvalue weighted by Crippen LogP contribution is -1.94. The lowest BCUT2D eigenvalue weighted by atomic mass is 10.1. The molecule has 3 nitrogen and oxygen atoms in total. The Morgan fingerprint density at radius 2 is 0.800 bits per heavy atom. The third-order valence-corrected chi connectivity index (χ3v) is 6.89. The van der Waals surface area contributed by atoms with Crippen molar-refractivity contribution in [2.24, 2.45) is 0 Å². The zero-order valence-electron chi connectivity index (χ0n) is 18.6. The van der Waals surface area contributed by atoms with Crippen LogP contribution < -0.4 is 0 Å². The van der Waals surface area contributed by atoms with Crippen molar-refractivity contribution >= 4 is 59.3 Å². The van der Waals surface area contributed by atoms with Crippen LogP contribution in [-0.2, 0) is 0 Å². The Morgan fingerprint density at radius 3 is 1.26 bits per heavy atom. The molecule has 0 unspecified atom stereocenters. The first kappa shape index (κ1) is 20.2. The van der Waals surface area contributed by atoms with Crippen molar-refractivity contribution in [2.75, 3.05) is 0 Å². The van der Waals surface area contributed by atoms with E-state index in [2.05, 4.69) is 101 Å². The minimum Gasteiger partial charge on any atom is -0.246 e. The molecule has 0 fully saturated rings. The standard InChI is InChI=1S/C31H18BrN3/c32-25-17-30(26-11-9-23-13-19-5-1-3-7-21(19)15-28(23)33-26)35-31(18-25)27-12-10-24-14-20-6-2-4-8-22(20)16-29(24)34-27/h1-18H. The van der Waals surface area contributed by atoms with Gasteiger partial charge in [-0.2, -0.15) is 0 Å². The zero-order valence-corrected chi connectivity index (χ0v) is 20.2. The number of aromatic nitrogens is 3. The summed E-state index contributed by atoms with van der Waals surface area (Å²) in [6.45, 7) is 0. The molecule has 4 aromatic carbocycles. The summed E-state index contributed by atoms with van der Waals surface area (Å²) >= 11 is 3.68. The van der Waals surface area contributed by atoms with Crippen molar-refractivity contribution < 1.29 is 0 Å². The molecule has 0 radical (unpaired) electrons. The molecule has 4 heteroatoms. The Balaban J connectivity index is 1.35. The van der Waals surface area contributed by atoms with E-state index in [-0.39, 0.29) is 0 Å². The van der Waals surface area contributed by atoms with Gasteiger partial charge >= 0.3 is 0 Å². The normalized spacial score (nSPS) is 11.6. The van der Waals surface area contributed by atoms with Crippen LogP contribution in [0.1, 0.15) is 0 Å². The van der Waals surface area contributed by atoms with E-state index in [9.17, 15) is 0 Å². The first-order valence-corrected chi connectivity index (χ1v) is 12.3. The van der Waals surface area contributed by atoms with E-state index in [1.807, 2.05) is 24.3 Å². The van der Waals surface area contributed by atoms with Crippen LogP contribution in [0.2, 0.25) is 0 Å².